The zero-order chi connectivity index (χ0) is 18.3. The van der Waals surface area contributed by atoms with E-state index in [4.69, 9.17) is 0 Å². The summed E-state index contributed by atoms with van der Waals surface area (Å²) in [5, 5.41) is 1.33. The van der Waals surface area contributed by atoms with Gasteiger partial charge in [0.05, 0.1) is 0 Å². The molecule has 0 unspecified atom stereocenters. The third-order valence-electron chi connectivity index (χ3n) is 3.99. The molecule has 1 heterocycles. The van der Waals surface area contributed by atoms with E-state index in [0.29, 0.717) is 0 Å². The molecule has 3 aromatic rings. The van der Waals surface area contributed by atoms with Gasteiger partial charge in [-0.25, -0.2) is 0 Å². The first-order valence-corrected chi connectivity index (χ1v) is 9.15. The Hall–Kier alpha value is -2.02. The summed E-state index contributed by atoms with van der Waals surface area (Å²) in [6.07, 6.45) is 0. The van der Waals surface area contributed by atoms with Crippen molar-refractivity contribution in [1.82, 2.24) is 4.98 Å². The maximum absolute atomic E-state index is 3.56. The normalized spacial score (nSPS) is 10.5. The molecule has 24 heavy (non-hydrogen) atoms. The standard InChI is InChI=1S/C19H21N.2C2H6/c1-13-16-12-15(19(2,3)4)10-11-17(16)20-18(13)14-8-6-5-7-9-14;2*1-2/h5-12,20H,1-4H3;2*1-2H3. The fraction of sp³-hybridized carbons (Fsp3) is 0.391. The van der Waals surface area contributed by atoms with Crippen LogP contribution in [0.25, 0.3) is 22.2 Å². The zero-order valence-electron chi connectivity index (χ0n) is 16.6. The van der Waals surface area contributed by atoms with Crippen LogP contribution < -0.4 is 0 Å². The largest absolute Gasteiger partial charge is 0.354 e. The second-order valence-electron chi connectivity index (χ2n) is 6.50. The van der Waals surface area contributed by atoms with Crippen LogP contribution in [0, 0.1) is 6.92 Å². The number of aromatic amines is 1. The molecule has 0 saturated heterocycles. The van der Waals surface area contributed by atoms with Gasteiger partial charge in [0.2, 0.25) is 0 Å². The molecule has 3 rings (SSSR count). The van der Waals surface area contributed by atoms with Gasteiger partial charge < -0.3 is 4.98 Å². The van der Waals surface area contributed by atoms with Crippen LogP contribution >= 0.6 is 0 Å². The SMILES string of the molecule is CC.CC.Cc1c(-c2ccccc2)[nH]c2ccc(C(C)(C)C)cc12. The predicted octanol–water partition coefficient (Wildman–Crippen LogP) is 7.49. The number of hydrogen-bond acceptors (Lipinski definition) is 0. The Kier molecular flexibility index (Phi) is 7.28. The molecule has 1 aromatic heterocycles. The predicted molar refractivity (Wildman–Crippen MR) is 110 cm³/mol. The van der Waals surface area contributed by atoms with E-state index in [1.165, 1.54) is 33.3 Å². The molecule has 0 bridgehead atoms. The summed E-state index contributed by atoms with van der Waals surface area (Å²) in [7, 11) is 0. The lowest BCUT2D eigenvalue weighted by Crippen LogP contribution is -2.10. The van der Waals surface area contributed by atoms with Crippen molar-refractivity contribution >= 4 is 10.9 Å². The van der Waals surface area contributed by atoms with Crippen molar-refractivity contribution < 1.29 is 0 Å². The first-order chi connectivity index (χ1) is 11.5. The molecule has 0 aliphatic carbocycles. The molecule has 1 N–H and O–H groups in total. The summed E-state index contributed by atoms with van der Waals surface area (Å²) >= 11 is 0. The quantitative estimate of drug-likeness (QED) is 0.477. The lowest BCUT2D eigenvalue weighted by molar-refractivity contribution is 0.591. The van der Waals surface area contributed by atoms with Gasteiger partial charge in [-0.15, -0.1) is 0 Å². The smallest absolute Gasteiger partial charge is 0.0494 e. The van der Waals surface area contributed by atoms with Gasteiger partial charge in [-0.1, -0.05) is 84.9 Å². The van der Waals surface area contributed by atoms with E-state index in [1.54, 1.807) is 0 Å². The highest BCUT2D eigenvalue weighted by Gasteiger charge is 2.16. The van der Waals surface area contributed by atoms with Crippen LogP contribution in [-0.2, 0) is 5.41 Å². The number of aromatic nitrogens is 1. The molecule has 1 heteroatoms. The molecule has 0 radical (unpaired) electrons. The highest BCUT2D eigenvalue weighted by atomic mass is 14.7. The van der Waals surface area contributed by atoms with E-state index in [0.717, 1.165) is 0 Å². The maximum Gasteiger partial charge on any atom is 0.0494 e. The zero-order valence-corrected chi connectivity index (χ0v) is 16.6. The van der Waals surface area contributed by atoms with Crippen molar-refractivity contribution in [1.29, 1.82) is 0 Å². The van der Waals surface area contributed by atoms with Crippen molar-refractivity contribution in [2.45, 2.75) is 60.8 Å². The van der Waals surface area contributed by atoms with Crippen molar-refractivity contribution in [2.75, 3.05) is 0 Å². The Morgan fingerprint density at radius 3 is 1.92 bits per heavy atom. The number of aryl methyl sites for hydroxylation is 1. The van der Waals surface area contributed by atoms with Gasteiger partial charge in [-0.2, -0.15) is 0 Å². The van der Waals surface area contributed by atoms with Crippen LogP contribution in [0.1, 0.15) is 59.6 Å². The molecule has 1 nitrogen and oxygen atoms in total. The average molecular weight is 324 g/mol. The molecule has 0 amide bonds. The minimum absolute atomic E-state index is 0.185. The molecule has 0 atom stereocenters. The Morgan fingerprint density at radius 1 is 0.792 bits per heavy atom. The number of nitrogens with one attached hydrogen (secondary N) is 1. The van der Waals surface area contributed by atoms with Crippen LogP contribution in [0.4, 0.5) is 0 Å². The van der Waals surface area contributed by atoms with E-state index in [1.807, 2.05) is 27.7 Å². The van der Waals surface area contributed by atoms with Crippen LogP contribution in [-0.4, -0.2) is 4.98 Å². The van der Waals surface area contributed by atoms with Crippen molar-refractivity contribution in [2.24, 2.45) is 0 Å². The highest BCUT2D eigenvalue weighted by Crippen LogP contribution is 2.32. The fourth-order valence-electron chi connectivity index (χ4n) is 2.69. The van der Waals surface area contributed by atoms with Crippen LogP contribution in [0.15, 0.2) is 48.5 Å². The Bertz CT molecular complexity index is 743. The molecule has 0 aliphatic heterocycles. The van der Waals surface area contributed by atoms with Gasteiger partial charge in [0.25, 0.3) is 0 Å². The lowest BCUT2D eigenvalue weighted by atomic mass is 9.86. The molecule has 0 aliphatic rings. The number of hydrogen-bond donors (Lipinski definition) is 1. The second kappa shape index (κ2) is 8.73. The Morgan fingerprint density at radius 2 is 1.38 bits per heavy atom. The second-order valence-corrected chi connectivity index (χ2v) is 6.50. The Labute approximate surface area is 148 Å². The van der Waals surface area contributed by atoms with Crippen LogP contribution in [0.5, 0.6) is 0 Å². The molecular weight excluding hydrogens is 290 g/mol. The van der Waals surface area contributed by atoms with Gasteiger partial charge >= 0.3 is 0 Å². The summed E-state index contributed by atoms with van der Waals surface area (Å²) < 4.78 is 0. The van der Waals surface area contributed by atoms with E-state index < -0.39 is 0 Å². The van der Waals surface area contributed by atoms with Gasteiger partial charge in [0.1, 0.15) is 0 Å². The lowest BCUT2D eigenvalue weighted by Gasteiger charge is -2.18. The summed E-state index contributed by atoms with van der Waals surface area (Å²) in [5.74, 6) is 0. The first-order valence-electron chi connectivity index (χ1n) is 9.15. The molecule has 130 valence electrons. The van der Waals surface area contributed by atoms with Crippen molar-refractivity contribution in [3.63, 3.8) is 0 Å². The van der Waals surface area contributed by atoms with Gasteiger partial charge in [0, 0.05) is 16.6 Å². The molecule has 2 aromatic carbocycles. The molecule has 0 spiro atoms. The number of benzene rings is 2. The topological polar surface area (TPSA) is 15.8 Å². The molecule has 0 fully saturated rings. The van der Waals surface area contributed by atoms with Gasteiger partial charge in [0.15, 0.2) is 0 Å². The summed E-state index contributed by atoms with van der Waals surface area (Å²) in [5.41, 5.74) is 6.59. The minimum atomic E-state index is 0.185. The van der Waals surface area contributed by atoms with E-state index in [-0.39, 0.29) is 5.41 Å². The summed E-state index contributed by atoms with van der Waals surface area (Å²) in [4.78, 5) is 3.56. The van der Waals surface area contributed by atoms with Crippen LogP contribution in [0.2, 0.25) is 0 Å². The first kappa shape index (κ1) is 20.0. The third-order valence-corrected chi connectivity index (χ3v) is 3.99. The van der Waals surface area contributed by atoms with Gasteiger partial charge in [-0.05, 0) is 41.2 Å². The van der Waals surface area contributed by atoms with Crippen molar-refractivity contribution in [3.8, 4) is 11.3 Å². The van der Waals surface area contributed by atoms with E-state index in [9.17, 15) is 0 Å². The average Bonchev–Trinajstić information content (AvgIpc) is 2.95. The minimum Gasteiger partial charge on any atom is -0.354 e. The maximum atomic E-state index is 3.56. The Balaban J connectivity index is 0.000000671. The van der Waals surface area contributed by atoms with Crippen LogP contribution in [0.3, 0.4) is 0 Å². The number of H-pyrrole nitrogens is 1. The number of rotatable bonds is 1. The summed E-state index contributed by atoms with van der Waals surface area (Å²) in [6.45, 7) is 17.0. The monoisotopic (exact) mass is 323 g/mol. The molecular formula is C23H33N. The van der Waals surface area contributed by atoms with Crippen molar-refractivity contribution in [3.05, 3.63) is 59.7 Å². The van der Waals surface area contributed by atoms with Gasteiger partial charge in [-0.3, -0.25) is 0 Å². The number of fused-ring (bicyclic) bond motifs is 1. The molecule has 0 saturated carbocycles. The summed E-state index contributed by atoms with van der Waals surface area (Å²) in [6, 6.07) is 17.3. The van der Waals surface area contributed by atoms with E-state index in [2.05, 4.69) is 81.2 Å². The third kappa shape index (κ3) is 4.29. The van der Waals surface area contributed by atoms with E-state index >= 15 is 0 Å². The fourth-order valence-corrected chi connectivity index (χ4v) is 2.69. The highest BCUT2D eigenvalue weighted by molar-refractivity contribution is 5.91.